The third-order valence-corrected chi connectivity index (χ3v) is 4.39. The Hall–Kier alpha value is -0.660. The first-order valence-electron chi connectivity index (χ1n) is 7.27. The van der Waals surface area contributed by atoms with Gasteiger partial charge in [0.25, 0.3) is 0 Å². The molecule has 0 saturated heterocycles. The molecule has 2 saturated carbocycles. The standard InChI is InChI=1S/C15H24O2/c16-14-8-2-6-12(10-14)4-1-5-13-7-3-9-15(17)11-13/h12-13H,1-11H2. The van der Waals surface area contributed by atoms with Crippen molar-refractivity contribution in [1.82, 2.24) is 0 Å². The van der Waals surface area contributed by atoms with Crippen LogP contribution in [-0.4, -0.2) is 11.6 Å². The van der Waals surface area contributed by atoms with Gasteiger partial charge in [-0.3, -0.25) is 9.59 Å². The zero-order chi connectivity index (χ0) is 12.1. The smallest absolute Gasteiger partial charge is 0.133 e. The minimum atomic E-state index is 0.467. The monoisotopic (exact) mass is 236 g/mol. The molecule has 0 aromatic heterocycles. The topological polar surface area (TPSA) is 34.1 Å². The quantitative estimate of drug-likeness (QED) is 0.746. The average molecular weight is 236 g/mol. The van der Waals surface area contributed by atoms with Crippen molar-refractivity contribution in [2.24, 2.45) is 11.8 Å². The Morgan fingerprint density at radius 1 is 0.824 bits per heavy atom. The number of hydrogen-bond donors (Lipinski definition) is 0. The zero-order valence-corrected chi connectivity index (χ0v) is 10.7. The molecule has 0 aliphatic heterocycles. The summed E-state index contributed by atoms with van der Waals surface area (Å²) in [5, 5.41) is 0. The molecule has 2 rings (SSSR count). The summed E-state index contributed by atoms with van der Waals surface area (Å²) < 4.78 is 0. The van der Waals surface area contributed by atoms with Crippen LogP contribution in [0.3, 0.4) is 0 Å². The van der Waals surface area contributed by atoms with Crippen LogP contribution in [0.4, 0.5) is 0 Å². The van der Waals surface area contributed by atoms with Gasteiger partial charge in [0, 0.05) is 25.7 Å². The van der Waals surface area contributed by atoms with Crippen LogP contribution in [0.15, 0.2) is 0 Å². The molecule has 0 amide bonds. The lowest BCUT2D eigenvalue weighted by molar-refractivity contribution is -0.122. The highest BCUT2D eigenvalue weighted by Gasteiger charge is 2.21. The van der Waals surface area contributed by atoms with Crippen LogP contribution in [0, 0.1) is 11.8 Å². The van der Waals surface area contributed by atoms with Gasteiger partial charge in [0.05, 0.1) is 0 Å². The van der Waals surface area contributed by atoms with Gasteiger partial charge in [-0.05, 0) is 37.5 Å². The minimum Gasteiger partial charge on any atom is -0.300 e. The maximum Gasteiger partial charge on any atom is 0.133 e. The van der Waals surface area contributed by atoms with Gasteiger partial charge in [0.15, 0.2) is 0 Å². The Morgan fingerprint density at radius 3 is 1.71 bits per heavy atom. The summed E-state index contributed by atoms with van der Waals surface area (Å²) in [6, 6.07) is 0. The van der Waals surface area contributed by atoms with E-state index in [1.807, 2.05) is 0 Å². The van der Waals surface area contributed by atoms with Crippen molar-refractivity contribution in [3.05, 3.63) is 0 Å². The maximum atomic E-state index is 11.3. The summed E-state index contributed by atoms with van der Waals surface area (Å²) >= 11 is 0. The Bertz CT molecular complexity index is 255. The van der Waals surface area contributed by atoms with Gasteiger partial charge in [-0.1, -0.05) is 19.3 Å². The molecule has 0 N–H and O–H groups in total. The molecule has 2 fully saturated rings. The third kappa shape index (κ3) is 4.25. The molecule has 2 nitrogen and oxygen atoms in total. The number of carbonyl (C=O) groups is 2. The molecular formula is C15H24O2. The van der Waals surface area contributed by atoms with Crippen molar-refractivity contribution in [1.29, 1.82) is 0 Å². The molecule has 0 heterocycles. The van der Waals surface area contributed by atoms with Gasteiger partial charge in [-0.25, -0.2) is 0 Å². The number of carbonyl (C=O) groups excluding carboxylic acids is 2. The Morgan fingerprint density at radius 2 is 1.29 bits per heavy atom. The summed E-state index contributed by atoms with van der Waals surface area (Å²) in [5.74, 6) is 2.23. The van der Waals surface area contributed by atoms with Gasteiger partial charge in [-0.15, -0.1) is 0 Å². The molecule has 2 aliphatic carbocycles. The van der Waals surface area contributed by atoms with Crippen molar-refractivity contribution < 1.29 is 9.59 Å². The van der Waals surface area contributed by atoms with E-state index in [0.717, 1.165) is 38.5 Å². The van der Waals surface area contributed by atoms with Crippen LogP contribution in [0.5, 0.6) is 0 Å². The van der Waals surface area contributed by atoms with Crippen LogP contribution in [0.1, 0.15) is 70.6 Å². The number of Topliss-reactive ketones (excluding diaryl/α,β-unsaturated/α-hetero) is 2. The fourth-order valence-electron chi connectivity index (χ4n) is 3.42. The molecule has 2 heteroatoms. The van der Waals surface area contributed by atoms with Crippen molar-refractivity contribution in [3.8, 4) is 0 Å². The zero-order valence-electron chi connectivity index (χ0n) is 10.7. The Labute approximate surface area is 104 Å². The van der Waals surface area contributed by atoms with E-state index in [1.165, 1.54) is 32.1 Å². The fraction of sp³-hybridized carbons (Fsp3) is 0.867. The van der Waals surface area contributed by atoms with Crippen LogP contribution in [0.25, 0.3) is 0 Å². The van der Waals surface area contributed by atoms with Crippen LogP contribution >= 0.6 is 0 Å². The van der Waals surface area contributed by atoms with Gasteiger partial charge >= 0.3 is 0 Å². The van der Waals surface area contributed by atoms with Crippen molar-refractivity contribution >= 4 is 11.6 Å². The predicted octanol–water partition coefficient (Wildman–Crippen LogP) is 3.68. The molecule has 2 aliphatic rings. The van der Waals surface area contributed by atoms with E-state index in [4.69, 9.17) is 0 Å². The summed E-state index contributed by atoms with van der Waals surface area (Å²) in [4.78, 5) is 22.7. The number of hydrogen-bond acceptors (Lipinski definition) is 2. The molecule has 96 valence electrons. The van der Waals surface area contributed by atoms with E-state index in [0.29, 0.717) is 23.4 Å². The highest BCUT2D eigenvalue weighted by molar-refractivity contribution is 5.79. The van der Waals surface area contributed by atoms with Gasteiger partial charge in [0.2, 0.25) is 0 Å². The van der Waals surface area contributed by atoms with Crippen LogP contribution in [-0.2, 0) is 9.59 Å². The van der Waals surface area contributed by atoms with E-state index in [1.54, 1.807) is 0 Å². The van der Waals surface area contributed by atoms with Gasteiger partial charge in [0.1, 0.15) is 11.6 Å². The largest absolute Gasteiger partial charge is 0.300 e. The van der Waals surface area contributed by atoms with Crippen molar-refractivity contribution in [2.45, 2.75) is 70.6 Å². The van der Waals surface area contributed by atoms with Crippen molar-refractivity contribution in [2.75, 3.05) is 0 Å². The molecule has 0 radical (unpaired) electrons. The van der Waals surface area contributed by atoms with Gasteiger partial charge < -0.3 is 0 Å². The Balaban J connectivity index is 1.61. The van der Waals surface area contributed by atoms with E-state index in [-0.39, 0.29) is 0 Å². The highest BCUT2D eigenvalue weighted by Crippen LogP contribution is 2.30. The summed E-state index contributed by atoms with van der Waals surface area (Å²) in [7, 11) is 0. The molecule has 0 spiro atoms. The maximum absolute atomic E-state index is 11.3. The molecular weight excluding hydrogens is 212 g/mol. The normalized spacial score (nSPS) is 30.6. The van der Waals surface area contributed by atoms with E-state index in [9.17, 15) is 9.59 Å². The summed E-state index contributed by atoms with van der Waals surface area (Å²) in [6.07, 6.45) is 11.6. The van der Waals surface area contributed by atoms with Crippen LogP contribution < -0.4 is 0 Å². The average Bonchev–Trinajstić information content (AvgIpc) is 2.29. The first kappa shape index (κ1) is 12.8. The van der Waals surface area contributed by atoms with Crippen molar-refractivity contribution in [3.63, 3.8) is 0 Å². The minimum absolute atomic E-state index is 0.467. The van der Waals surface area contributed by atoms with E-state index in [2.05, 4.69) is 0 Å². The van der Waals surface area contributed by atoms with E-state index < -0.39 is 0 Å². The molecule has 17 heavy (non-hydrogen) atoms. The summed E-state index contributed by atoms with van der Waals surface area (Å²) in [6.45, 7) is 0. The second-order valence-corrected chi connectivity index (χ2v) is 5.93. The second-order valence-electron chi connectivity index (χ2n) is 5.93. The molecule has 0 aromatic rings. The fourth-order valence-corrected chi connectivity index (χ4v) is 3.42. The van der Waals surface area contributed by atoms with E-state index >= 15 is 0 Å². The lowest BCUT2D eigenvalue weighted by Crippen LogP contribution is -2.17. The Kier molecular flexibility index (Phi) is 4.75. The molecule has 0 bridgehead atoms. The number of rotatable bonds is 4. The predicted molar refractivity (Wildman–Crippen MR) is 67.8 cm³/mol. The first-order valence-corrected chi connectivity index (χ1v) is 7.27. The lowest BCUT2D eigenvalue weighted by atomic mass is 9.81. The van der Waals surface area contributed by atoms with Crippen LogP contribution in [0.2, 0.25) is 0 Å². The third-order valence-electron chi connectivity index (χ3n) is 4.39. The number of ketones is 2. The molecule has 2 unspecified atom stereocenters. The first-order chi connectivity index (χ1) is 8.24. The molecule has 0 aromatic carbocycles. The lowest BCUT2D eigenvalue weighted by Gasteiger charge is -2.23. The molecule has 2 atom stereocenters. The highest BCUT2D eigenvalue weighted by atomic mass is 16.1. The van der Waals surface area contributed by atoms with Gasteiger partial charge in [-0.2, -0.15) is 0 Å². The summed E-state index contributed by atoms with van der Waals surface area (Å²) in [5.41, 5.74) is 0. The SMILES string of the molecule is O=C1CCCC(CCCC2CCCC(=O)C2)C1. The second kappa shape index (κ2) is 6.32.